The molecule has 110 valence electrons. The molecule has 0 radical (unpaired) electrons. The van der Waals surface area contributed by atoms with Crippen LogP contribution in [-0.4, -0.2) is 18.8 Å². The van der Waals surface area contributed by atoms with Gasteiger partial charge in [-0.1, -0.05) is 15.9 Å². The van der Waals surface area contributed by atoms with Gasteiger partial charge in [0.05, 0.1) is 18.6 Å². The molecule has 0 fully saturated rings. The van der Waals surface area contributed by atoms with Crippen LogP contribution in [-0.2, 0) is 4.79 Å². The van der Waals surface area contributed by atoms with Crippen LogP contribution in [0.3, 0.4) is 0 Å². The summed E-state index contributed by atoms with van der Waals surface area (Å²) in [4.78, 5) is 12.8. The Kier molecular flexibility index (Phi) is 5.64. The van der Waals surface area contributed by atoms with Crippen molar-refractivity contribution in [2.75, 3.05) is 18.2 Å². The van der Waals surface area contributed by atoms with E-state index in [1.807, 2.05) is 24.3 Å². The fraction of sp³-hybridized carbons (Fsp3) is 0.133. The van der Waals surface area contributed by atoms with Crippen LogP contribution in [0.2, 0.25) is 0 Å². The maximum Gasteiger partial charge on any atom is 0.234 e. The quantitative estimate of drug-likeness (QED) is 0.797. The van der Waals surface area contributed by atoms with Crippen LogP contribution in [0.25, 0.3) is 0 Å². The third kappa shape index (κ3) is 4.75. The molecule has 2 aromatic carbocycles. The van der Waals surface area contributed by atoms with Gasteiger partial charge in [0.1, 0.15) is 11.6 Å². The Morgan fingerprint density at radius 2 is 2.00 bits per heavy atom. The zero-order chi connectivity index (χ0) is 15.2. The number of rotatable bonds is 5. The molecule has 2 rings (SSSR count). The summed E-state index contributed by atoms with van der Waals surface area (Å²) in [7, 11) is 1.60. The summed E-state index contributed by atoms with van der Waals surface area (Å²) in [6, 6.07) is 11.9. The molecular formula is C15H13BrFNO2S. The van der Waals surface area contributed by atoms with Crippen molar-refractivity contribution < 1.29 is 13.9 Å². The summed E-state index contributed by atoms with van der Waals surface area (Å²) in [5.74, 6) is 0.256. The predicted octanol–water partition coefficient (Wildman–Crippen LogP) is 4.33. The zero-order valence-corrected chi connectivity index (χ0v) is 13.6. The molecule has 1 amide bonds. The van der Waals surface area contributed by atoms with Gasteiger partial charge < -0.3 is 10.1 Å². The Hall–Kier alpha value is -1.53. The van der Waals surface area contributed by atoms with Gasteiger partial charge in [0.25, 0.3) is 0 Å². The maximum atomic E-state index is 13.6. The number of hydrogen-bond donors (Lipinski definition) is 1. The molecule has 0 aliphatic rings. The topological polar surface area (TPSA) is 38.3 Å². The predicted molar refractivity (Wildman–Crippen MR) is 86.4 cm³/mol. The van der Waals surface area contributed by atoms with Crippen molar-refractivity contribution in [1.29, 1.82) is 0 Å². The summed E-state index contributed by atoms with van der Waals surface area (Å²) in [6.07, 6.45) is 0. The molecule has 3 nitrogen and oxygen atoms in total. The Balaban J connectivity index is 1.89. The van der Waals surface area contributed by atoms with Gasteiger partial charge in [-0.3, -0.25) is 4.79 Å². The average Bonchev–Trinajstić information content (AvgIpc) is 2.48. The number of benzene rings is 2. The first-order valence-corrected chi connectivity index (χ1v) is 7.88. The molecule has 6 heteroatoms. The highest BCUT2D eigenvalue weighted by atomic mass is 79.9. The van der Waals surface area contributed by atoms with E-state index in [-0.39, 0.29) is 17.3 Å². The molecule has 0 spiro atoms. The number of carbonyl (C=O) groups is 1. The number of ether oxygens (including phenoxy) is 1. The van der Waals surface area contributed by atoms with Gasteiger partial charge in [-0.15, -0.1) is 11.8 Å². The normalized spacial score (nSPS) is 10.2. The largest absolute Gasteiger partial charge is 0.497 e. The number of thioether (sulfide) groups is 1. The molecule has 0 heterocycles. The van der Waals surface area contributed by atoms with Gasteiger partial charge in [0.2, 0.25) is 5.91 Å². The maximum absolute atomic E-state index is 13.6. The van der Waals surface area contributed by atoms with E-state index in [1.54, 1.807) is 13.2 Å². The van der Waals surface area contributed by atoms with E-state index in [4.69, 9.17) is 4.74 Å². The average molecular weight is 370 g/mol. The van der Waals surface area contributed by atoms with Crippen LogP contribution < -0.4 is 10.1 Å². The van der Waals surface area contributed by atoms with Crippen molar-refractivity contribution in [3.63, 3.8) is 0 Å². The Morgan fingerprint density at radius 3 is 2.62 bits per heavy atom. The Bertz CT molecular complexity index is 634. The van der Waals surface area contributed by atoms with Crippen LogP contribution in [0.5, 0.6) is 5.75 Å². The molecule has 0 aromatic heterocycles. The monoisotopic (exact) mass is 369 g/mol. The minimum atomic E-state index is -0.466. The van der Waals surface area contributed by atoms with E-state index in [0.29, 0.717) is 4.47 Å². The van der Waals surface area contributed by atoms with Gasteiger partial charge in [0, 0.05) is 9.37 Å². The van der Waals surface area contributed by atoms with Crippen molar-refractivity contribution in [2.45, 2.75) is 4.90 Å². The standard InChI is InChI=1S/C15H13BrFNO2S/c1-20-11-3-5-12(6-4-11)21-9-15(19)18-14-7-2-10(16)8-13(14)17/h2-8H,9H2,1H3,(H,18,19). The third-order valence-corrected chi connectivity index (χ3v) is 4.14. The van der Waals surface area contributed by atoms with Crippen LogP contribution in [0.4, 0.5) is 10.1 Å². The van der Waals surface area contributed by atoms with Crippen molar-refractivity contribution in [1.82, 2.24) is 0 Å². The smallest absolute Gasteiger partial charge is 0.234 e. The fourth-order valence-corrected chi connectivity index (χ4v) is 2.63. The minimum absolute atomic E-state index is 0.179. The van der Waals surface area contributed by atoms with E-state index in [9.17, 15) is 9.18 Å². The summed E-state index contributed by atoms with van der Waals surface area (Å²) in [5.41, 5.74) is 0.179. The van der Waals surface area contributed by atoms with Crippen LogP contribution in [0, 0.1) is 5.82 Å². The van der Waals surface area contributed by atoms with Gasteiger partial charge in [0.15, 0.2) is 0 Å². The van der Waals surface area contributed by atoms with Crippen molar-refractivity contribution >= 4 is 39.3 Å². The van der Waals surface area contributed by atoms with E-state index in [2.05, 4.69) is 21.2 Å². The Labute approximate surface area is 135 Å². The molecule has 0 saturated carbocycles. The molecule has 0 bridgehead atoms. The highest BCUT2D eigenvalue weighted by Gasteiger charge is 2.08. The molecule has 21 heavy (non-hydrogen) atoms. The van der Waals surface area contributed by atoms with E-state index in [1.165, 1.54) is 23.9 Å². The first kappa shape index (κ1) is 15.9. The molecule has 0 aliphatic heterocycles. The second kappa shape index (κ2) is 7.47. The Morgan fingerprint density at radius 1 is 1.29 bits per heavy atom. The van der Waals surface area contributed by atoms with E-state index in [0.717, 1.165) is 10.6 Å². The highest BCUT2D eigenvalue weighted by molar-refractivity contribution is 9.10. The lowest BCUT2D eigenvalue weighted by molar-refractivity contribution is -0.113. The van der Waals surface area contributed by atoms with Gasteiger partial charge in [-0.25, -0.2) is 4.39 Å². The first-order valence-electron chi connectivity index (χ1n) is 6.10. The van der Waals surface area contributed by atoms with Crippen LogP contribution >= 0.6 is 27.7 Å². The lowest BCUT2D eigenvalue weighted by Gasteiger charge is -2.07. The second-order valence-electron chi connectivity index (χ2n) is 4.14. The molecular weight excluding hydrogens is 357 g/mol. The number of halogens is 2. The number of amides is 1. The molecule has 0 atom stereocenters. The molecule has 0 aliphatic carbocycles. The fourth-order valence-electron chi connectivity index (χ4n) is 1.60. The number of anilines is 1. The lowest BCUT2D eigenvalue weighted by Crippen LogP contribution is -2.14. The molecule has 2 aromatic rings. The highest BCUT2D eigenvalue weighted by Crippen LogP contribution is 2.23. The van der Waals surface area contributed by atoms with E-state index < -0.39 is 5.82 Å². The summed E-state index contributed by atoms with van der Waals surface area (Å²) in [6.45, 7) is 0. The van der Waals surface area contributed by atoms with Gasteiger partial charge in [-0.05, 0) is 42.5 Å². The molecule has 1 N–H and O–H groups in total. The first-order chi connectivity index (χ1) is 10.1. The lowest BCUT2D eigenvalue weighted by atomic mass is 10.3. The summed E-state index contributed by atoms with van der Waals surface area (Å²) in [5, 5.41) is 2.55. The van der Waals surface area contributed by atoms with Crippen molar-refractivity contribution in [3.05, 3.63) is 52.8 Å². The number of hydrogen-bond acceptors (Lipinski definition) is 3. The van der Waals surface area contributed by atoms with E-state index >= 15 is 0 Å². The minimum Gasteiger partial charge on any atom is -0.497 e. The zero-order valence-electron chi connectivity index (χ0n) is 11.2. The SMILES string of the molecule is COc1ccc(SCC(=O)Nc2ccc(Br)cc2F)cc1. The molecule has 0 unspecified atom stereocenters. The van der Waals surface area contributed by atoms with Crippen molar-refractivity contribution in [3.8, 4) is 5.75 Å². The molecule has 0 saturated heterocycles. The van der Waals surface area contributed by atoms with Gasteiger partial charge in [-0.2, -0.15) is 0 Å². The van der Waals surface area contributed by atoms with Crippen LogP contribution in [0.15, 0.2) is 51.8 Å². The third-order valence-electron chi connectivity index (χ3n) is 2.63. The van der Waals surface area contributed by atoms with Crippen LogP contribution in [0.1, 0.15) is 0 Å². The second-order valence-corrected chi connectivity index (χ2v) is 6.10. The number of methoxy groups -OCH3 is 1. The summed E-state index contributed by atoms with van der Waals surface area (Å²) >= 11 is 4.55. The van der Waals surface area contributed by atoms with Gasteiger partial charge >= 0.3 is 0 Å². The number of nitrogens with one attached hydrogen (secondary N) is 1. The van der Waals surface area contributed by atoms with Crippen molar-refractivity contribution in [2.24, 2.45) is 0 Å². The summed E-state index contributed by atoms with van der Waals surface area (Å²) < 4.78 is 19.3. The number of carbonyl (C=O) groups excluding carboxylic acids is 1.